The maximum atomic E-state index is 3.53. The number of hydrogen-bond donors (Lipinski definition) is 1. The maximum Gasteiger partial charge on any atom is 0.00698 e. The Hall–Kier alpha value is -0.0800. The molecule has 1 aliphatic rings. The lowest BCUT2D eigenvalue weighted by molar-refractivity contribution is 0.0867. The second kappa shape index (κ2) is 7.29. The minimum atomic E-state index is 0.773. The first-order valence-corrected chi connectivity index (χ1v) is 7.11. The fourth-order valence-corrected chi connectivity index (χ4v) is 2.78. The summed E-state index contributed by atoms with van der Waals surface area (Å²) < 4.78 is 0. The average molecular weight is 226 g/mol. The topological polar surface area (TPSA) is 15.3 Å². The zero-order valence-electron chi connectivity index (χ0n) is 11.6. The van der Waals surface area contributed by atoms with Crippen LogP contribution in [0.15, 0.2) is 0 Å². The molecule has 16 heavy (non-hydrogen) atoms. The summed E-state index contributed by atoms with van der Waals surface area (Å²) in [6, 6.07) is 1.58. The normalized spacial score (nSPS) is 29.2. The molecule has 1 fully saturated rings. The van der Waals surface area contributed by atoms with Crippen molar-refractivity contribution in [2.45, 2.75) is 65.5 Å². The van der Waals surface area contributed by atoms with E-state index in [0.29, 0.717) is 0 Å². The van der Waals surface area contributed by atoms with Gasteiger partial charge in [0.15, 0.2) is 0 Å². The third-order valence-corrected chi connectivity index (χ3v) is 3.82. The van der Waals surface area contributed by atoms with E-state index in [2.05, 4.69) is 37.9 Å². The SMILES string of the molecule is CCCNCC(C)CN1C(C)CCCC1C. The van der Waals surface area contributed by atoms with Crippen LogP contribution in [0.25, 0.3) is 0 Å². The van der Waals surface area contributed by atoms with Crippen LogP contribution in [0.4, 0.5) is 0 Å². The van der Waals surface area contributed by atoms with E-state index in [0.717, 1.165) is 24.5 Å². The monoisotopic (exact) mass is 226 g/mol. The molecular weight excluding hydrogens is 196 g/mol. The Labute approximate surface area is 102 Å². The van der Waals surface area contributed by atoms with Crippen molar-refractivity contribution < 1.29 is 0 Å². The van der Waals surface area contributed by atoms with Crippen LogP contribution >= 0.6 is 0 Å². The third kappa shape index (κ3) is 4.42. The lowest BCUT2D eigenvalue weighted by Gasteiger charge is -2.40. The fraction of sp³-hybridized carbons (Fsp3) is 1.00. The molecule has 96 valence electrons. The second-order valence-electron chi connectivity index (χ2n) is 5.64. The number of rotatable bonds is 6. The van der Waals surface area contributed by atoms with Crippen molar-refractivity contribution in [3.8, 4) is 0 Å². The van der Waals surface area contributed by atoms with Crippen molar-refractivity contribution in [2.75, 3.05) is 19.6 Å². The summed E-state index contributed by atoms with van der Waals surface area (Å²) in [7, 11) is 0. The van der Waals surface area contributed by atoms with Gasteiger partial charge in [-0.15, -0.1) is 0 Å². The zero-order valence-corrected chi connectivity index (χ0v) is 11.6. The molecular formula is C14H30N2. The molecule has 1 saturated heterocycles. The molecule has 1 rings (SSSR count). The van der Waals surface area contributed by atoms with Gasteiger partial charge in [-0.05, 0) is 52.1 Å². The van der Waals surface area contributed by atoms with Crippen molar-refractivity contribution >= 4 is 0 Å². The predicted octanol–water partition coefficient (Wildman–Crippen LogP) is 2.89. The highest BCUT2D eigenvalue weighted by Crippen LogP contribution is 2.23. The van der Waals surface area contributed by atoms with E-state index in [9.17, 15) is 0 Å². The van der Waals surface area contributed by atoms with Gasteiger partial charge in [-0.25, -0.2) is 0 Å². The van der Waals surface area contributed by atoms with Crippen LogP contribution in [0.2, 0.25) is 0 Å². The van der Waals surface area contributed by atoms with Gasteiger partial charge >= 0.3 is 0 Å². The zero-order chi connectivity index (χ0) is 12.0. The minimum Gasteiger partial charge on any atom is -0.316 e. The standard InChI is InChI=1S/C14H30N2/c1-5-9-15-10-12(2)11-16-13(3)7-6-8-14(16)4/h12-15H,5-11H2,1-4H3. The Kier molecular flexibility index (Phi) is 6.37. The quantitative estimate of drug-likeness (QED) is 0.701. The molecule has 3 unspecified atom stereocenters. The molecule has 0 spiro atoms. The Morgan fingerprint density at radius 1 is 1.25 bits per heavy atom. The third-order valence-electron chi connectivity index (χ3n) is 3.82. The lowest BCUT2D eigenvalue weighted by Crippen LogP contribution is -2.46. The molecule has 0 amide bonds. The first-order chi connectivity index (χ1) is 7.65. The number of piperidine rings is 1. The molecule has 0 aromatic rings. The largest absolute Gasteiger partial charge is 0.316 e. The molecule has 0 saturated carbocycles. The molecule has 0 aliphatic carbocycles. The van der Waals surface area contributed by atoms with Crippen LogP contribution in [0.5, 0.6) is 0 Å². The van der Waals surface area contributed by atoms with Crippen molar-refractivity contribution in [1.29, 1.82) is 0 Å². The highest BCUT2D eigenvalue weighted by Gasteiger charge is 2.25. The van der Waals surface area contributed by atoms with Gasteiger partial charge in [0.1, 0.15) is 0 Å². The average Bonchev–Trinajstić information content (AvgIpc) is 2.24. The number of nitrogens with one attached hydrogen (secondary N) is 1. The first kappa shape index (κ1) is 14.0. The van der Waals surface area contributed by atoms with E-state index < -0.39 is 0 Å². The number of likely N-dealkylation sites (tertiary alicyclic amines) is 1. The van der Waals surface area contributed by atoms with Crippen molar-refractivity contribution in [2.24, 2.45) is 5.92 Å². The van der Waals surface area contributed by atoms with Crippen molar-refractivity contribution in [3.63, 3.8) is 0 Å². The fourth-order valence-electron chi connectivity index (χ4n) is 2.78. The van der Waals surface area contributed by atoms with Gasteiger partial charge in [0, 0.05) is 18.6 Å². The lowest BCUT2D eigenvalue weighted by atomic mass is 9.96. The summed E-state index contributed by atoms with van der Waals surface area (Å²) in [5.41, 5.74) is 0. The van der Waals surface area contributed by atoms with Gasteiger partial charge in [0.25, 0.3) is 0 Å². The Bertz CT molecular complexity index is 172. The molecule has 1 heterocycles. The molecule has 2 nitrogen and oxygen atoms in total. The van der Waals surface area contributed by atoms with E-state index in [1.54, 1.807) is 0 Å². The van der Waals surface area contributed by atoms with Crippen molar-refractivity contribution in [3.05, 3.63) is 0 Å². The van der Waals surface area contributed by atoms with E-state index in [-0.39, 0.29) is 0 Å². The van der Waals surface area contributed by atoms with Crippen LogP contribution in [-0.4, -0.2) is 36.6 Å². The Morgan fingerprint density at radius 2 is 1.88 bits per heavy atom. The smallest absolute Gasteiger partial charge is 0.00698 e. The van der Waals surface area contributed by atoms with E-state index in [1.165, 1.54) is 38.8 Å². The highest BCUT2D eigenvalue weighted by atomic mass is 15.2. The summed E-state index contributed by atoms with van der Waals surface area (Å²) in [6.45, 7) is 13.0. The van der Waals surface area contributed by atoms with Crippen LogP contribution in [-0.2, 0) is 0 Å². The molecule has 0 bridgehead atoms. The maximum absolute atomic E-state index is 3.53. The molecule has 2 heteroatoms. The number of nitrogens with zero attached hydrogens (tertiary/aromatic N) is 1. The molecule has 0 radical (unpaired) electrons. The molecule has 1 N–H and O–H groups in total. The molecule has 1 aliphatic heterocycles. The van der Waals surface area contributed by atoms with Gasteiger partial charge < -0.3 is 5.32 Å². The highest BCUT2D eigenvalue weighted by molar-refractivity contribution is 4.80. The van der Waals surface area contributed by atoms with Crippen LogP contribution in [0.1, 0.15) is 53.4 Å². The Balaban J connectivity index is 2.27. The summed E-state index contributed by atoms with van der Waals surface area (Å²) >= 11 is 0. The predicted molar refractivity (Wildman–Crippen MR) is 71.8 cm³/mol. The van der Waals surface area contributed by atoms with Crippen LogP contribution in [0.3, 0.4) is 0 Å². The summed E-state index contributed by atoms with van der Waals surface area (Å²) in [5, 5.41) is 3.53. The van der Waals surface area contributed by atoms with Gasteiger partial charge in [0.05, 0.1) is 0 Å². The number of hydrogen-bond acceptors (Lipinski definition) is 2. The van der Waals surface area contributed by atoms with Crippen molar-refractivity contribution in [1.82, 2.24) is 10.2 Å². The first-order valence-electron chi connectivity index (χ1n) is 7.11. The molecule has 0 aromatic carbocycles. The molecule has 0 aromatic heterocycles. The van der Waals surface area contributed by atoms with E-state index in [4.69, 9.17) is 0 Å². The van der Waals surface area contributed by atoms with Crippen LogP contribution in [0, 0.1) is 5.92 Å². The second-order valence-corrected chi connectivity index (χ2v) is 5.64. The van der Waals surface area contributed by atoms with Gasteiger partial charge in [-0.2, -0.15) is 0 Å². The summed E-state index contributed by atoms with van der Waals surface area (Å²) in [4.78, 5) is 2.71. The molecule has 3 atom stereocenters. The van der Waals surface area contributed by atoms with E-state index >= 15 is 0 Å². The van der Waals surface area contributed by atoms with E-state index in [1.807, 2.05) is 0 Å². The summed E-state index contributed by atoms with van der Waals surface area (Å²) in [5.74, 6) is 0.773. The Morgan fingerprint density at radius 3 is 2.44 bits per heavy atom. The minimum absolute atomic E-state index is 0.773. The van der Waals surface area contributed by atoms with Crippen LogP contribution < -0.4 is 5.32 Å². The van der Waals surface area contributed by atoms with Gasteiger partial charge in [-0.1, -0.05) is 20.3 Å². The van der Waals surface area contributed by atoms with Gasteiger partial charge in [-0.3, -0.25) is 4.90 Å². The summed E-state index contributed by atoms with van der Waals surface area (Å²) in [6.07, 6.45) is 5.43. The van der Waals surface area contributed by atoms with Gasteiger partial charge in [0.2, 0.25) is 0 Å².